The largest absolute Gasteiger partial charge is 0.497 e. The van der Waals surface area contributed by atoms with Crippen LogP contribution in [0.1, 0.15) is 5.56 Å². The molecule has 1 aliphatic rings. The smallest absolute Gasteiger partial charge is 0.418 e. The van der Waals surface area contributed by atoms with E-state index >= 15 is 0 Å². The number of carbonyl (C=O) groups excluding carboxylic acids is 1. The Kier molecular flexibility index (Phi) is 7.98. The number of nitrogens with zero attached hydrogens (tertiary/aromatic N) is 2. The molecule has 0 spiro atoms. The number of hydrogen-bond acceptors (Lipinski definition) is 6. The van der Waals surface area contributed by atoms with Crippen molar-refractivity contribution in [1.29, 1.82) is 0 Å². The molecule has 0 radical (unpaired) electrons. The maximum absolute atomic E-state index is 13.1. The zero-order valence-corrected chi connectivity index (χ0v) is 19.0. The molecule has 2 aromatic carbocycles. The molecule has 1 saturated heterocycles. The standard InChI is InChI=1S/C22H26F3N3O4S/c1-32-17-5-4-6-18(15-17)33(30,31)14-13-27-9-11-28(12-10-27)16-21(29)26-20-8-3-2-7-19(20)22(23,24)25/h2-8,15H,9-14,16H2,1H3,(H,26,29). The number of sulfone groups is 1. The molecule has 0 bridgehead atoms. The van der Waals surface area contributed by atoms with E-state index in [1.165, 1.54) is 37.4 Å². The molecular weight excluding hydrogens is 459 g/mol. The number of nitrogens with one attached hydrogen (secondary N) is 1. The fourth-order valence-corrected chi connectivity index (χ4v) is 4.88. The lowest BCUT2D eigenvalue weighted by molar-refractivity contribution is -0.137. The van der Waals surface area contributed by atoms with Gasteiger partial charge in [0.15, 0.2) is 9.84 Å². The molecule has 0 aliphatic carbocycles. The Balaban J connectivity index is 1.47. The van der Waals surface area contributed by atoms with Crippen LogP contribution in [0.5, 0.6) is 5.75 Å². The minimum atomic E-state index is -4.55. The van der Waals surface area contributed by atoms with Crippen LogP contribution in [0, 0.1) is 0 Å². The summed E-state index contributed by atoms with van der Waals surface area (Å²) in [5.74, 6) is -0.101. The molecule has 33 heavy (non-hydrogen) atoms. The molecule has 180 valence electrons. The van der Waals surface area contributed by atoms with Crippen molar-refractivity contribution in [2.45, 2.75) is 11.1 Å². The highest BCUT2D eigenvalue weighted by Crippen LogP contribution is 2.34. The van der Waals surface area contributed by atoms with E-state index in [0.717, 1.165) is 6.07 Å². The molecule has 1 fully saturated rings. The van der Waals surface area contributed by atoms with E-state index in [9.17, 15) is 26.4 Å². The zero-order valence-electron chi connectivity index (χ0n) is 18.1. The van der Waals surface area contributed by atoms with E-state index < -0.39 is 27.5 Å². The summed E-state index contributed by atoms with van der Waals surface area (Å²) in [4.78, 5) is 16.3. The van der Waals surface area contributed by atoms with Crippen LogP contribution in [0.3, 0.4) is 0 Å². The van der Waals surface area contributed by atoms with Gasteiger partial charge in [0, 0.05) is 32.7 Å². The van der Waals surface area contributed by atoms with Gasteiger partial charge >= 0.3 is 6.18 Å². The highest BCUT2D eigenvalue weighted by molar-refractivity contribution is 7.91. The van der Waals surface area contributed by atoms with Crippen molar-refractivity contribution < 1.29 is 31.1 Å². The minimum absolute atomic E-state index is 0.0395. The fraction of sp³-hybridized carbons (Fsp3) is 0.409. The summed E-state index contributed by atoms with van der Waals surface area (Å²) >= 11 is 0. The second-order valence-corrected chi connectivity index (χ2v) is 9.82. The number of rotatable bonds is 8. The van der Waals surface area contributed by atoms with Crippen LogP contribution in [-0.4, -0.2) is 76.3 Å². The Labute approximate surface area is 191 Å². The van der Waals surface area contributed by atoms with Crippen LogP contribution < -0.4 is 10.1 Å². The van der Waals surface area contributed by atoms with Gasteiger partial charge in [0.05, 0.1) is 35.6 Å². The Hall–Kier alpha value is -2.63. The third-order valence-electron chi connectivity index (χ3n) is 5.42. The van der Waals surface area contributed by atoms with Crippen LogP contribution in [0.25, 0.3) is 0 Å². The van der Waals surface area contributed by atoms with Gasteiger partial charge in [-0.3, -0.25) is 14.6 Å². The van der Waals surface area contributed by atoms with Gasteiger partial charge in [0.1, 0.15) is 5.75 Å². The first kappa shape index (κ1) is 25.0. The topological polar surface area (TPSA) is 79.0 Å². The third kappa shape index (κ3) is 6.92. The second kappa shape index (κ2) is 10.5. The highest BCUT2D eigenvalue weighted by atomic mass is 32.2. The quantitative estimate of drug-likeness (QED) is 0.620. The summed E-state index contributed by atoms with van der Waals surface area (Å²) in [7, 11) is -1.99. The molecule has 0 aromatic heterocycles. The summed E-state index contributed by atoms with van der Waals surface area (Å²) in [5.41, 5.74) is -1.16. The van der Waals surface area contributed by atoms with E-state index in [1.54, 1.807) is 12.1 Å². The van der Waals surface area contributed by atoms with Crippen molar-refractivity contribution in [1.82, 2.24) is 9.80 Å². The Morgan fingerprint density at radius 1 is 1.03 bits per heavy atom. The molecule has 1 aliphatic heterocycles. The van der Waals surface area contributed by atoms with Crippen LogP contribution in [0.4, 0.5) is 18.9 Å². The van der Waals surface area contributed by atoms with Gasteiger partial charge < -0.3 is 10.1 Å². The molecule has 0 atom stereocenters. The molecule has 11 heteroatoms. The van der Waals surface area contributed by atoms with E-state index in [-0.39, 0.29) is 22.9 Å². The Morgan fingerprint density at radius 3 is 2.36 bits per heavy atom. The average Bonchev–Trinajstić information content (AvgIpc) is 2.78. The molecule has 1 N–H and O–H groups in total. The van der Waals surface area contributed by atoms with Crippen molar-refractivity contribution in [2.24, 2.45) is 0 Å². The highest BCUT2D eigenvalue weighted by Gasteiger charge is 2.33. The first-order valence-electron chi connectivity index (χ1n) is 10.4. The van der Waals surface area contributed by atoms with E-state index in [1.807, 2.05) is 9.80 Å². The molecule has 7 nitrogen and oxygen atoms in total. The Bertz CT molecular complexity index is 1070. The number of piperazine rings is 1. The normalized spacial score (nSPS) is 15.9. The summed E-state index contributed by atoms with van der Waals surface area (Å²) in [6.45, 7) is 2.43. The number of para-hydroxylation sites is 1. The summed E-state index contributed by atoms with van der Waals surface area (Å²) < 4.78 is 69.5. The van der Waals surface area contributed by atoms with Gasteiger partial charge in [-0.1, -0.05) is 18.2 Å². The average molecular weight is 486 g/mol. The summed E-state index contributed by atoms with van der Waals surface area (Å²) in [6.07, 6.45) is -4.55. The lowest BCUT2D eigenvalue weighted by atomic mass is 10.1. The van der Waals surface area contributed by atoms with Crippen LogP contribution >= 0.6 is 0 Å². The number of carbonyl (C=O) groups is 1. The van der Waals surface area contributed by atoms with Gasteiger partial charge in [0.2, 0.25) is 5.91 Å². The number of halogens is 3. The van der Waals surface area contributed by atoms with Gasteiger partial charge in [-0.15, -0.1) is 0 Å². The van der Waals surface area contributed by atoms with Crippen LogP contribution in [0.15, 0.2) is 53.4 Å². The van der Waals surface area contributed by atoms with Crippen molar-refractivity contribution in [3.05, 3.63) is 54.1 Å². The zero-order chi connectivity index (χ0) is 24.1. The number of hydrogen-bond donors (Lipinski definition) is 1. The molecule has 2 aromatic rings. The van der Waals surface area contributed by atoms with Crippen LogP contribution in [-0.2, 0) is 20.8 Å². The molecule has 1 heterocycles. The van der Waals surface area contributed by atoms with Crippen molar-refractivity contribution >= 4 is 21.4 Å². The monoisotopic (exact) mass is 485 g/mol. The van der Waals surface area contributed by atoms with Gasteiger partial charge in [-0.25, -0.2) is 8.42 Å². The second-order valence-electron chi connectivity index (χ2n) is 7.71. The van der Waals surface area contributed by atoms with Gasteiger partial charge in [0.25, 0.3) is 0 Å². The van der Waals surface area contributed by atoms with Crippen molar-refractivity contribution in [2.75, 3.05) is 57.4 Å². The molecule has 1 amide bonds. The maximum Gasteiger partial charge on any atom is 0.418 e. The predicted molar refractivity (Wildman–Crippen MR) is 118 cm³/mol. The number of ether oxygens (including phenoxy) is 1. The minimum Gasteiger partial charge on any atom is -0.497 e. The van der Waals surface area contributed by atoms with Gasteiger partial charge in [-0.2, -0.15) is 13.2 Å². The first-order valence-corrected chi connectivity index (χ1v) is 12.0. The number of alkyl halides is 3. The SMILES string of the molecule is COc1cccc(S(=O)(=O)CCN2CCN(CC(=O)Nc3ccccc3C(F)(F)F)CC2)c1. The maximum atomic E-state index is 13.1. The summed E-state index contributed by atoms with van der Waals surface area (Å²) in [6, 6.07) is 11.2. The third-order valence-corrected chi connectivity index (χ3v) is 7.11. The molecule has 0 unspecified atom stereocenters. The predicted octanol–water partition coefficient (Wildman–Crippen LogP) is 2.74. The molecule has 0 saturated carbocycles. The summed E-state index contributed by atoms with van der Waals surface area (Å²) in [5, 5.41) is 2.34. The molecular formula is C22H26F3N3O4S. The van der Waals surface area contributed by atoms with Crippen molar-refractivity contribution in [3.63, 3.8) is 0 Å². The lowest BCUT2D eigenvalue weighted by Crippen LogP contribution is -2.49. The number of amides is 1. The lowest BCUT2D eigenvalue weighted by Gasteiger charge is -2.34. The number of benzene rings is 2. The Morgan fingerprint density at radius 2 is 1.70 bits per heavy atom. The first-order chi connectivity index (χ1) is 15.6. The molecule has 3 rings (SSSR count). The van der Waals surface area contributed by atoms with Crippen LogP contribution in [0.2, 0.25) is 0 Å². The van der Waals surface area contributed by atoms with E-state index in [2.05, 4.69) is 5.32 Å². The number of anilines is 1. The van der Waals surface area contributed by atoms with Gasteiger partial charge in [-0.05, 0) is 30.3 Å². The van der Waals surface area contributed by atoms with E-state index in [0.29, 0.717) is 38.5 Å². The van der Waals surface area contributed by atoms with E-state index in [4.69, 9.17) is 4.74 Å². The fourth-order valence-electron chi connectivity index (χ4n) is 3.56. The number of methoxy groups -OCH3 is 1. The van der Waals surface area contributed by atoms with Crippen molar-refractivity contribution in [3.8, 4) is 5.75 Å².